The summed E-state index contributed by atoms with van der Waals surface area (Å²) in [5.74, 6) is 0. The number of hydrogen-bond acceptors (Lipinski definition) is 2. The first-order valence-corrected chi connectivity index (χ1v) is 7.35. The van der Waals surface area contributed by atoms with Crippen molar-refractivity contribution in [3.63, 3.8) is 0 Å². The van der Waals surface area contributed by atoms with E-state index in [1.807, 2.05) is 25.1 Å². The largest absolute Gasteiger partial charge is 1.00 e. The molecule has 3 nitrogen and oxygen atoms in total. The van der Waals surface area contributed by atoms with Crippen LogP contribution in [0.4, 0.5) is 0 Å². The van der Waals surface area contributed by atoms with E-state index in [1.165, 1.54) is 3.97 Å². The van der Waals surface area contributed by atoms with E-state index in [2.05, 4.69) is 6.20 Å². The third-order valence-electron chi connectivity index (χ3n) is 3.08. The van der Waals surface area contributed by atoms with Gasteiger partial charge in [0.05, 0.1) is 4.90 Å². The molecule has 96 valence electrons. The molecule has 0 N–H and O–H groups in total. The molecule has 0 spiro atoms. The van der Waals surface area contributed by atoms with E-state index in [0.717, 1.165) is 10.9 Å². The molecule has 0 amide bonds. The van der Waals surface area contributed by atoms with Gasteiger partial charge in [0, 0.05) is 0 Å². The number of nitrogens with zero attached hydrogens (tertiary/aromatic N) is 1. The Morgan fingerprint density at radius 2 is 1.55 bits per heavy atom. The molecule has 0 atom stereocenters. The van der Waals surface area contributed by atoms with E-state index in [-0.39, 0.29) is 23.8 Å². The fourth-order valence-electron chi connectivity index (χ4n) is 2.13. The van der Waals surface area contributed by atoms with Crippen molar-refractivity contribution in [2.45, 2.75) is 11.8 Å². The molecule has 0 bridgehead atoms. The monoisotopic (exact) mass is 277 g/mol. The molecule has 1 heterocycles. The van der Waals surface area contributed by atoms with Gasteiger partial charge < -0.3 is 3.97 Å². The Morgan fingerprint density at radius 1 is 0.950 bits per heavy atom. The quantitative estimate of drug-likeness (QED) is 0.488. The van der Waals surface area contributed by atoms with E-state index in [0.29, 0.717) is 5.52 Å². The van der Waals surface area contributed by atoms with Crippen LogP contribution in [0.1, 0.15) is 5.56 Å². The van der Waals surface area contributed by atoms with Crippen LogP contribution in [-0.2, 0) is 10.0 Å². The predicted molar refractivity (Wildman–Crippen MR) is 74.5 cm³/mol. The number of hydrogen-bond donors (Lipinski definition) is 0. The Balaban J connectivity index is 0.00000147. The van der Waals surface area contributed by atoms with Gasteiger partial charge in [-0.2, -0.15) is 5.39 Å². The Hall–Kier alpha value is -1.47. The van der Waals surface area contributed by atoms with Gasteiger partial charge in [-0.15, -0.1) is 17.7 Å². The number of para-hydroxylation sites is 1. The van der Waals surface area contributed by atoms with Gasteiger partial charge in [0.25, 0.3) is 0 Å². The van der Waals surface area contributed by atoms with Crippen molar-refractivity contribution in [1.82, 2.24) is 3.97 Å². The van der Waals surface area contributed by atoms with E-state index in [9.17, 15) is 8.42 Å². The van der Waals surface area contributed by atoms with Crippen LogP contribution >= 0.6 is 0 Å². The van der Waals surface area contributed by atoms with Crippen molar-refractivity contribution in [1.29, 1.82) is 0 Å². The van der Waals surface area contributed by atoms with Crippen LogP contribution in [-0.4, -0.2) is 12.4 Å². The fourth-order valence-corrected chi connectivity index (χ4v) is 3.52. The van der Waals surface area contributed by atoms with E-state index >= 15 is 0 Å². The smallest absolute Gasteiger partial charge is 0.360 e. The summed E-state index contributed by atoms with van der Waals surface area (Å²) in [7, 11) is -3.58. The average molecular weight is 277 g/mol. The van der Waals surface area contributed by atoms with Crippen molar-refractivity contribution in [2.24, 2.45) is 0 Å². The van der Waals surface area contributed by atoms with Crippen LogP contribution in [0.25, 0.3) is 10.9 Å². The molecule has 0 saturated heterocycles. The Bertz CT molecular complexity index is 839. The van der Waals surface area contributed by atoms with Crippen LogP contribution in [0.5, 0.6) is 0 Å². The number of aryl methyl sites for hydroxylation is 1. The maximum absolute atomic E-state index is 12.6. The Morgan fingerprint density at radius 3 is 2.25 bits per heavy atom. The molecule has 1 aromatic heterocycles. The molecule has 0 aliphatic carbocycles. The second-order valence-electron chi connectivity index (χ2n) is 4.34. The third kappa shape index (κ3) is 2.31. The fraction of sp³-hybridized carbons (Fsp3) is 0.0667. The van der Waals surface area contributed by atoms with Crippen molar-refractivity contribution in [3.05, 3.63) is 66.4 Å². The summed E-state index contributed by atoms with van der Waals surface area (Å²) < 4.78 is 26.4. The molecule has 3 rings (SSSR count). The Kier molecular flexibility index (Phi) is 4.10. The minimum Gasteiger partial charge on any atom is -0.360 e. The summed E-state index contributed by atoms with van der Waals surface area (Å²) in [6.07, 6.45) is 2.92. The zero-order valence-corrected chi connectivity index (χ0v) is 12.2. The number of rotatable bonds is 2. The Labute approximate surface area is 130 Å². The first kappa shape index (κ1) is 14.9. The van der Waals surface area contributed by atoms with Gasteiger partial charge in [-0.3, -0.25) is 0 Å². The second-order valence-corrected chi connectivity index (χ2v) is 6.12. The second kappa shape index (κ2) is 5.49. The minimum absolute atomic E-state index is 0. The van der Waals surface area contributed by atoms with E-state index < -0.39 is 10.0 Å². The van der Waals surface area contributed by atoms with Gasteiger partial charge in [-0.25, -0.2) is 8.42 Å². The summed E-state index contributed by atoms with van der Waals surface area (Å²) in [6, 6.07) is 15.8. The molecule has 0 saturated carbocycles. The standard InChI is InChI=1S/C15H12NO2S.Li/c1-12-11-16(15-10-6-5-9-14(12)15)19(17,18)13-7-3-2-4-8-13;/h2-10H,1H3;/q-1;+1. The molecule has 0 aliphatic rings. The summed E-state index contributed by atoms with van der Waals surface area (Å²) in [5.41, 5.74) is 1.49. The normalized spacial score (nSPS) is 11.2. The molecule has 0 radical (unpaired) electrons. The topological polar surface area (TPSA) is 39.1 Å². The van der Waals surface area contributed by atoms with Gasteiger partial charge in [0.1, 0.15) is 0 Å². The van der Waals surface area contributed by atoms with Crippen LogP contribution in [0.15, 0.2) is 59.5 Å². The molecule has 3 aromatic rings. The first-order chi connectivity index (χ1) is 9.10. The van der Waals surface area contributed by atoms with Gasteiger partial charge >= 0.3 is 18.9 Å². The summed E-state index contributed by atoms with van der Waals surface area (Å²) >= 11 is 0. The molecule has 0 aliphatic heterocycles. The molecule has 0 unspecified atom stereocenters. The summed E-state index contributed by atoms with van der Waals surface area (Å²) in [4.78, 5) is 0.270. The van der Waals surface area contributed by atoms with Gasteiger partial charge in [0.2, 0.25) is 10.0 Å². The maximum Gasteiger partial charge on any atom is 1.00 e. The first-order valence-electron chi connectivity index (χ1n) is 5.91. The van der Waals surface area contributed by atoms with E-state index in [1.54, 1.807) is 36.4 Å². The zero-order chi connectivity index (χ0) is 13.5. The van der Waals surface area contributed by atoms with Crippen molar-refractivity contribution >= 4 is 20.9 Å². The summed E-state index contributed by atoms with van der Waals surface area (Å²) in [5, 5.41) is 0.905. The number of aromatic nitrogens is 1. The van der Waals surface area contributed by atoms with Crippen molar-refractivity contribution < 1.29 is 27.3 Å². The molecular weight excluding hydrogens is 265 g/mol. The van der Waals surface area contributed by atoms with Crippen LogP contribution in [0.2, 0.25) is 0 Å². The molecule has 5 heteroatoms. The molecule has 0 fully saturated rings. The average Bonchev–Trinajstić information content (AvgIpc) is 2.79. The predicted octanol–water partition coefficient (Wildman–Crippen LogP) is -0.00909. The van der Waals surface area contributed by atoms with E-state index in [4.69, 9.17) is 0 Å². The van der Waals surface area contributed by atoms with Crippen molar-refractivity contribution in [2.75, 3.05) is 0 Å². The number of fused-ring (bicyclic) bond motifs is 1. The summed E-state index contributed by atoms with van der Waals surface area (Å²) in [6.45, 7) is 1.86. The van der Waals surface area contributed by atoms with Crippen LogP contribution < -0.4 is 18.9 Å². The van der Waals surface area contributed by atoms with Gasteiger partial charge in [0.15, 0.2) is 0 Å². The van der Waals surface area contributed by atoms with Crippen LogP contribution in [0, 0.1) is 13.1 Å². The third-order valence-corrected chi connectivity index (χ3v) is 4.71. The van der Waals surface area contributed by atoms with Gasteiger partial charge in [-0.1, -0.05) is 49.0 Å². The molecule has 20 heavy (non-hydrogen) atoms. The number of benzene rings is 2. The van der Waals surface area contributed by atoms with Crippen LogP contribution in [0.3, 0.4) is 0 Å². The molecular formula is C15H12LiNO2S. The minimum atomic E-state index is -3.58. The molecule has 2 aromatic carbocycles. The zero-order valence-electron chi connectivity index (χ0n) is 11.4. The van der Waals surface area contributed by atoms with Crippen molar-refractivity contribution in [3.8, 4) is 0 Å². The maximum atomic E-state index is 12.6. The SMILES string of the molecule is Cc1[c-]n(S(=O)(=O)c2ccccc2)c2ccccc12.[Li+]. The van der Waals surface area contributed by atoms with Gasteiger partial charge in [-0.05, 0) is 12.1 Å².